The fourth-order valence-electron chi connectivity index (χ4n) is 6.82. The van der Waals surface area contributed by atoms with Crippen molar-refractivity contribution in [1.82, 2.24) is 14.7 Å². The Hall–Kier alpha value is -3.61. The van der Waals surface area contributed by atoms with E-state index in [-0.39, 0.29) is 12.6 Å². The zero-order valence-corrected chi connectivity index (χ0v) is 25.7. The molecule has 1 saturated heterocycles. The van der Waals surface area contributed by atoms with Gasteiger partial charge in [0, 0.05) is 42.5 Å². The topological polar surface area (TPSA) is 59.8 Å². The van der Waals surface area contributed by atoms with Crippen molar-refractivity contribution in [3.8, 4) is 22.6 Å². The van der Waals surface area contributed by atoms with Crippen molar-refractivity contribution < 1.29 is 14.6 Å². The minimum absolute atomic E-state index is 0.206. The largest absolute Gasteiger partial charge is 0.488 e. The van der Waals surface area contributed by atoms with E-state index >= 15 is 0 Å². The molecule has 6 nitrogen and oxygen atoms in total. The lowest BCUT2D eigenvalue weighted by Gasteiger charge is -2.35. The molecule has 3 aromatic carbocycles. The number of aromatic nitrogens is 2. The van der Waals surface area contributed by atoms with Crippen LogP contribution in [0.4, 0.5) is 0 Å². The molecule has 43 heavy (non-hydrogen) atoms. The maximum atomic E-state index is 10.1. The number of fused-ring (bicyclic) bond motifs is 1. The number of nitrogens with zero attached hydrogens (tertiary/aromatic N) is 3. The standard InChI is InChI=1S/C37H45N3O3/c1-3-18-40-22-28(21-38-40)25-42-37-20-36(43-26-30-13-9-15-32(27(30)2)29-11-5-4-6-12-29)34-17-10-16-33(34)35(37)23-39-19-8-7-14-31(39)24-41/h4-6,9,11-13,15,20-22,31,41H,3,7-8,10,14,16-19,23-26H2,1-2H3/t31-/m0/s1. The number of likely N-dealkylation sites (tertiary alicyclic amines) is 1. The first-order valence-electron chi connectivity index (χ1n) is 16.1. The molecule has 1 aliphatic heterocycles. The van der Waals surface area contributed by atoms with Gasteiger partial charge >= 0.3 is 0 Å². The molecule has 4 aromatic rings. The van der Waals surface area contributed by atoms with E-state index < -0.39 is 0 Å². The highest BCUT2D eigenvalue weighted by Gasteiger charge is 2.28. The first kappa shape index (κ1) is 29.5. The fourth-order valence-corrected chi connectivity index (χ4v) is 6.82. The van der Waals surface area contributed by atoms with Crippen LogP contribution in [0, 0.1) is 6.92 Å². The maximum absolute atomic E-state index is 10.1. The molecule has 6 rings (SSSR count). The summed E-state index contributed by atoms with van der Waals surface area (Å²) in [6.07, 6.45) is 11.6. The van der Waals surface area contributed by atoms with Gasteiger partial charge in [0.2, 0.25) is 0 Å². The van der Waals surface area contributed by atoms with E-state index in [0.717, 1.165) is 68.8 Å². The van der Waals surface area contributed by atoms with E-state index in [4.69, 9.17) is 9.47 Å². The fraction of sp³-hybridized carbons (Fsp3) is 0.432. The van der Waals surface area contributed by atoms with Crippen LogP contribution in [0.15, 0.2) is 67.0 Å². The summed E-state index contributed by atoms with van der Waals surface area (Å²) in [5, 5.41) is 14.6. The van der Waals surface area contributed by atoms with Crippen LogP contribution >= 0.6 is 0 Å². The summed E-state index contributed by atoms with van der Waals surface area (Å²) in [4.78, 5) is 2.46. The average molecular weight is 580 g/mol. The Morgan fingerprint density at radius 1 is 0.930 bits per heavy atom. The van der Waals surface area contributed by atoms with Gasteiger partial charge in [0.05, 0.1) is 12.8 Å². The summed E-state index contributed by atoms with van der Waals surface area (Å²) in [6, 6.07) is 19.4. The van der Waals surface area contributed by atoms with Gasteiger partial charge < -0.3 is 14.6 Å². The molecule has 226 valence electrons. The van der Waals surface area contributed by atoms with Crippen molar-refractivity contribution in [1.29, 1.82) is 0 Å². The molecule has 6 heteroatoms. The Balaban J connectivity index is 1.30. The Morgan fingerprint density at radius 3 is 2.60 bits per heavy atom. The lowest BCUT2D eigenvalue weighted by Crippen LogP contribution is -2.41. The molecule has 2 aliphatic rings. The van der Waals surface area contributed by atoms with Crippen LogP contribution in [-0.2, 0) is 39.1 Å². The zero-order valence-electron chi connectivity index (χ0n) is 25.7. The normalized spacial score (nSPS) is 16.8. The van der Waals surface area contributed by atoms with Crippen LogP contribution in [-0.4, -0.2) is 39.0 Å². The summed E-state index contributed by atoms with van der Waals surface area (Å²) in [5.74, 6) is 1.84. The molecule has 1 aliphatic carbocycles. The van der Waals surface area contributed by atoms with Gasteiger partial charge in [0.25, 0.3) is 0 Å². The van der Waals surface area contributed by atoms with E-state index in [1.165, 1.54) is 51.8 Å². The van der Waals surface area contributed by atoms with Crippen molar-refractivity contribution in [3.63, 3.8) is 0 Å². The van der Waals surface area contributed by atoms with E-state index in [9.17, 15) is 5.11 Å². The lowest BCUT2D eigenvalue weighted by molar-refractivity contribution is 0.0828. The van der Waals surface area contributed by atoms with Gasteiger partial charge in [-0.25, -0.2) is 0 Å². The predicted molar refractivity (Wildman–Crippen MR) is 171 cm³/mol. The summed E-state index contributed by atoms with van der Waals surface area (Å²) in [6.45, 7) is 8.27. The number of aliphatic hydroxyl groups is 1. The third-order valence-corrected chi connectivity index (χ3v) is 9.21. The number of benzene rings is 3. The highest BCUT2D eigenvalue weighted by atomic mass is 16.5. The van der Waals surface area contributed by atoms with Crippen LogP contribution in [0.2, 0.25) is 0 Å². The van der Waals surface area contributed by atoms with Gasteiger partial charge in [-0.3, -0.25) is 9.58 Å². The number of piperidine rings is 1. The number of hydrogen-bond acceptors (Lipinski definition) is 5. The van der Waals surface area contributed by atoms with Crippen LogP contribution in [0.25, 0.3) is 11.1 Å². The molecule has 1 fully saturated rings. The third-order valence-electron chi connectivity index (χ3n) is 9.21. The summed E-state index contributed by atoms with van der Waals surface area (Å²) >= 11 is 0. The smallest absolute Gasteiger partial charge is 0.128 e. The maximum Gasteiger partial charge on any atom is 0.128 e. The minimum Gasteiger partial charge on any atom is -0.488 e. The molecule has 1 atom stereocenters. The molecule has 0 spiro atoms. The first-order valence-corrected chi connectivity index (χ1v) is 16.1. The molecule has 2 heterocycles. The predicted octanol–water partition coefficient (Wildman–Crippen LogP) is 7.26. The van der Waals surface area contributed by atoms with Crippen molar-refractivity contribution in [2.45, 2.75) is 91.1 Å². The molecular formula is C37H45N3O3. The monoisotopic (exact) mass is 579 g/mol. The van der Waals surface area contributed by atoms with Crippen LogP contribution in [0.1, 0.15) is 72.4 Å². The number of aryl methyl sites for hydroxylation is 1. The van der Waals surface area contributed by atoms with Crippen LogP contribution < -0.4 is 9.47 Å². The quantitative estimate of drug-likeness (QED) is 0.191. The van der Waals surface area contributed by atoms with E-state index in [1.807, 2.05) is 10.9 Å². The number of ether oxygens (including phenoxy) is 2. The summed E-state index contributed by atoms with van der Waals surface area (Å²) < 4.78 is 15.3. The summed E-state index contributed by atoms with van der Waals surface area (Å²) in [5.41, 5.74) is 9.97. The third kappa shape index (κ3) is 6.66. The Kier molecular flexibility index (Phi) is 9.45. The van der Waals surface area contributed by atoms with Crippen molar-refractivity contribution in [2.24, 2.45) is 0 Å². The molecule has 0 amide bonds. The highest BCUT2D eigenvalue weighted by Crippen LogP contribution is 2.41. The average Bonchev–Trinajstić information content (AvgIpc) is 3.72. The lowest BCUT2D eigenvalue weighted by atomic mass is 9.96. The first-order chi connectivity index (χ1) is 21.1. The van der Waals surface area contributed by atoms with E-state index in [2.05, 4.69) is 84.6 Å². The number of aliphatic hydroxyl groups excluding tert-OH is 1. The molecule has 1 aromatic heterocycles. The Bertz CT molecular complexity index is 1510. The van der Waals surface area contributed by atoms with Gasteiger partial charge in [-0.2, -0.15) is 5.10 Å². The number of rotatable bonds is 12. The van der Waals surface area contributed by atoms with Crippen molar-refractivity contribution in [2.75, 3.05) is 13.2 Å². The van der Waals surface area contributed by atoms with Gasteiger partial charge in [-0.15, -0.1) is 0 Å². The minimum atomic E-state index is 0.206. The van der Waals surface area contributed by atoms with E-state index in [0.29, 0.717) is 13.2 Å². The second-order valence-electron chi connectivity index (χ2n) is 12.1. The molecular weight excluding hydrogens is 534 g/mol. The SMILES string of the molecule is CCCn1cc(COc2cc(OCc3cccc(-c4ccccc4)c3C)c3c(c2CN2CCCC[C@H]2CO)CCC3)cn1. The van der Waals surface area contributed by atoms with Crippen molar-refractivity contribution >= 4 is 0 Å². The van der Waals surface area contributed by atoms with Gasteiger partial charge in [0.15, 0.2) is 0 Å². The Morgan fingerprint density at radius 2 is 1.77 bits per heavy atom. The molecule has 0 unspecified atom stereocenters. The van der Waals surface area contributed by atoms with Gasteiger partial charge in [-0.1, -0.05) is 61.9 Å². The molecule has 0 bridgehead atoms. The second-order valence-corrected chi connectivity index (χ2v) is 12.1. The van der Waals surface area contributed by atoms with Gasteiger partial charge in [-0.05, 0) is 85.4 Å². The number of hydrogen-bond donors (Lipinski definition) is 1. The molecule has 1 N–H and O–H groups in total. The van der Waals surface area contributed by atoms with Gasteiger partial charge in [0.1, 0.15) is 24.7 Å². The zero-order chi connectivity index (χ0) is 29.6. The van der Waals surface area contributed by atoms with Crippen LogP contribution in [0.5, 0.6) is 11.5 Å². The Labute approximate surface area is 256 Å². The van der Waals surface area contributed by atoms with Crippen LogP contribution in [0.3, 0.4) is 0 Å². The summed E-state index contributed by atoms with van der Waals surface area (Å²) in [7, 11) is 0. The molecule has 0 saturated carbocycles. The highest BCUT2D eigenvalue weighted by molar-refractivity contribution is 5.68. The molecule has 0 radical (unpaired) electrons. The second kappa shape index (κ2) is 13.8. The van der Waals surface area contributed by atoms with E-state index in [1.54, 1.807) is 0 Å². The van der Waals surface area contributed by atoms with Crippen molar-refractivity contribution in [3.05, 3.63) is 100 Å².